The number of morpholine rings is 1. The molecule has 7 nitrogen and oxygen atoms in total. The maximum atomic E-state index is 11.7. The number of ether oxygens (including phenoxy) is 1. The third-order valence-corrected chi connectivity index (χ3v) is 6.78. The fourth-order valence-corrected chi connectivity index (χ4v) is 5.27. The van der Waals surface area contributed by atoms with Gasteiger partial charge in [0.05, 0.1) is 37.3 Å². The Balaban J connectivity index is 0.00000280. The predicted octanol–water partition coefficient (Wildman–Crippen LogP) is 1.42. The van der Waals surface area contributed by atoms with Gasteiger partial charge in [-0.25, -0.2) is 8.42 Å². The number of aliphatic imine (C=N–C) groups is 1. The Morgan fingerprint density at radius 1 is 1.29 bits per heavy atom. The maximum Gasteiger partial charge on any atom is 0.191 e. The minimum atomic E-state index is -2.91. The van der Waals surface area contributed by atoms with Crippen molar-refractivity contribution in [1.29, 1.82) is 0 Å². The van der Waals surface area contributed by atoms with Gasteiger partial charge in [0.1, 0.15) is 0 Å². The molecule has 0 radical (unpaired) electrons. The highest BCUT2D eigenvalue weighted by atomic mass is 127. The molecule has 2 N–H and O–H groups in total. The number of halogens is 1. The molecule has 1 aromatic carbocycles. The Labute approximate surface area is 185 Å². The molecule has 0 saturated carbocycles. The van der Waals surface area contributed by atoms with E-state index in [1.54, 1.807) is 0 Å². The zero-order valence-electron chi connectivity index (χ0n) is 16.3. The molecular formula is C19H31IN4O3S. The number of hydrogen-bond donors (Lipinski definition) is 2. The van der Waals surface area contributed by atoms with Crippen molar-refractivity contribution in [2.75, 3.05) is 50.9 Å². The van der Waals surface area contributed by atoms with E-state index in [0.717, 1.165) is 32.8 Å². The van der Waals surface area contributed by atoms with Crippen molar-refractivity contribution < 1.29 is 13.2 Å². The molecule has 28 heavy (non-hydrogen) atoms. The van der Waals surface area contributed by atoms with E-state index in [9.17, 15) is 8.42 Å². The Morgan fingerprint density at radius 3 is 2.61 bits per heavy atom. The molecular weight excluding hydrogens is 491 g/mol. The first-order valence-corrected chi connectivity index (χ1v) is 11.5. The number of hydrogen-bond acceptors (Lipinski definition) is 5. The molecule has 158 valence electrons. The van der Waals surface area contributed by atoms with E-state index in [0.29, 0.717) is 18.9 Å². The smallest absolute Gasteiger partial charge is 0.191 e. The zero-order chi connectivity index (χ0) is 19.1. The molecule has 9 heteroatoms. The first-order chi connectivity index (χ1) is 13.1. The summed E-state index contributed by atoms with van der Waals surface area (Å²) in [7, 11) is -2.91. The van der Waals surface area contributed by atoms with Gasteiger partial charge in [-0.1, -0.05) is 30.3 Å². The lowest BCUT2D eigenvalue weighted by atomic mass is 10.0. The summed E-state index contributed by atoms with van der Waals surface area (Å²) in [5.74, 6) is 1.13. The molecule has 3 rings (SSSR count). The van der Waals surface area contributed by atoms with Crippen LogP contribution in [0.15, 0.2) is 35.3 Å². The minimum absolute atomic E-state index is 0. The molecule has 1 aromatic rings. The summed E-state index contributed by atoms with van der Waals surface area (Å²) < 4.78 is 28.9. The Bertz CT molecular complexity index is 724. The highest BCUT2D eigenvalue weighted by molar-refractivity contribution is 14.0. The average Bonchev–Trinajstić information content (AvgIpc) is 3.02. The summed E-state index contributed by atoms with van der Waals surface area (Å²) in [6.07, 6.45) is 0.637. The molecule has 2 fully saturated rings. The monoisotopic (exact) mass is 522 g/mol. The lowest BCUT2D eigenvalue weighted by molar-refractivity contribution is 0.0179. The minimum Gasteiger partial charge on any atom is -0.379 e. The molecule has 0 spiro atoms. The molecule has 0 aromatic heterocycles. The van der Waals surface area contributed by atoms with Crippen LogP contribution >= 0.6 is 24.0 Å². The number of sulfone groups is 1. The fourth-order valence-electron chi connectivity index (χ4n) is 3.60. The summed E-state index contributed by atoms with van der Waals surface area (Å²) in [4.78, 5) is 7.20. The highest BCUT2D eigenvalue weighted by Gasteiger charge is 2.28. The van der Waals surface area contributed by atoms with Crippen LogP contribution in [0.5, 0.6) is 0 Å². The second-order valence-electron chi connectivity index (χ2n) is 7.04. The first kappa shape index (κ1) is 23.4. The maximum absolute atomic E-state index is 11.7. The van der Waals surface area contributed by atoms with Crippen molar-refractivity contribution in [2.45, 2.75) is 25.4 Å². The number of rotatable bonds is 6. The van der Waals surface area contributed by atoms with Gasteiger partial charge in [-0.15, -0.1) is 24.0 Å². The summed E-state index contributed by atoms with van der Waals surface area (Å²) in [5, 5.41) is 6.55. The summed E-state index contributed by atoms with van der Waals surface area (Å²) in [5.41, 5.74) is 1.24. The van der Waals surface area contributed by atoms with Crippen molar-refractivity contribution in [2.24, 2.45) is 4.99 Å². The standard InChI is InChI=1S/C19H30N4O3S.HI/c1-2-20-19(22-17-8-13-27(24,25)15-17)21-14-18(16-6-4-3-5-7-16)23-9-11-26-12-10-23;/h3-7,17-18H,2,8-15H2,1H3,(H2,20,21,22);1H. The molecule has 2 heterocycles. The average molecular weight is 522 g/mol. The van der Waals surface area contributed by atoms with Gasteiger partial charge in [-0.05, 0) is 18.9 Å². The molecule has 0 amide bonds. The lowest BCUT2D eigenvalue weighted by Crippen LogP contribution is -2.45. The van der Waals surface area contributed by atoms with Crippen LogP contribution in [0.3, 0.4) is 0 Å². The lowest BCUT2D eigenvalue weighted by Gasteiger charge is -2.34. The molecule has 2 aliphatic heterocycles. The Kier molecular flexibility index (Phi) is 9.45. The van der Waals surface area contributed by atoms with E-state index in [2.05, 4.69) is 39.8 Å². The van der Waals surface area contributed by atoms with Crippen LogP contribution in [0.4, 0.5) is 0 Å². The largest absolute Gasteiger partial charge is 0.379 e. The molecule has 0 bridgehead atoms. The summed E-state index contributed by atoms with van der Waals surface area (Å²) in [6.45, 7) is 6.62. The van der Waals surface area contributed by atoms with Crippen LogP contribution < -0.4 is 10.6 Å². The second-order valence-corrected chi connectivity index (χ2v) is 9.27. The van der Waals surface area contributed by atoms with Crippen LogP contribution in [0.25, 0.3) is 0 Å². The zero-order valence-corrected chi connectivity index (χ0v) is 19.5. The van der Waals surface area contributed by atoms with E-state index >= 15 is 0 Å². The van der Waals surface area contributed by atoms with E-state index in [1.165, 1.54) is 5.56 Å². The van der Waals surface area contributed by atoms with Crippen LogP contribution in [0, 0.1) is 0 Å². The quantitative estimate of drug-likeness (QED) is 0.334. The number of benzene rings is 1. The molecule has 2 atom stereocenters. The van der Waals surface area contributed by atoms with Crippen molar-refractivity contribution in [3.8, 4) is 0 Å². The van der Waals surface area contributed by atoms with Crippen LogP contribution in [0.2, 0.25) is 0 Å². The van der Waals surface area contributed by atoms with E-state index in [-0.39, 0.29) is 47.6 Å². The predicted molar refractivity (Wildman–Crippen MR) is 123 cm³/mol. The van der Waals surface area contributed by atoms with E-state index < -0.39 is 9.84 Å². The van der Waals surface area contributed by atoms with Crippen molar-refractivity contribution in [3.05, 3.63) is 35.9 Å². The molecule has 0 aliphatic carbocycles. The third-order valence-electron chi connectivity index (χ3n) is 5.01. The fraction of sp³-hybridized carbons (Fsp3) is 0.632. The van der Waals surface area contributed by atoms with Crippen molar-refractivity contribution >= 4 is 39.8 Å². The van der Waals surface area contributed by atoms with E-state index in [4.69, 9.17) is 9.73 Å². The summed E-state index contributed by atoms with van der Waals surface area (Å²) >= 11 is 0. The SMILES string of the molecule is CCNC(=NCC(c1ccccc1)N1CCOCC1)NC1CCS(=O)(=O)C1.I. The first-order valence-electron chi connectivity index (χ1n) is 9.69. The Morgan fingerprint density at radius 2 is 2.00 bits per heavy atom. The van der Waals surface area contributed by atoms with Gasteiger partial charge in [0.25, 0.3) is 0 Å². The Hall–Kier alpha value is -0.910. The van der Waals surface area contributed by atoms with Gasteiger partial charge in [0.2, 0.25) is 0 Å². The molecule has 2 aliphatic rings. The summed E-state index contributed by atoms with van der Waals surface area (Å²) in [6, 6.07) is 10.5. The highest BCUT2D eigenvalue weighted by Crippen LogP contribution is 2.22. The topological polar surface area (TPSA) is 83.0 Å². The van der Waals surface area contributed by atoms with Crippen LogP contribution in [0.1, 0.15) is 24.9 Å². The number of nitrogens with zero attached hydrogens (tertiary/aromatic N) is 2. The van der Waals surface area contributed by atoms with Crippen molar-refractivity contribution in [3.63, 3.8) is 0 Å². The van der Waals surface area contributed by atoms with Crippen LogP contribution in [-0.4, -0.2) is 76.2 Å². The third kappa shape index (κ3) is 6.85. The van der Waals surface area contributed by atoms with Gasteiger partial charge in [-0.2, -0.15) is 0 Å². The van der Waals surface area contributed by atoms with Crippen molar-refractivity contribution in [1.82, 2.24) is 15.5 Å². The van der Waals surface area contributed by atoms with Crippen LogP contribution in [-0.2, 0) is 14.6 Å². The van der Waals surface area contributed by atoms with Gasteiger partial charge in [0, 0.05) is 25.7 Å². The van der Waals surface area contributed by atoms with E-state index in [1.807, 2.05) is 13.0 Å². The van der Waals surface area contributed by atoms with Gasteiger partial charge in [0.15, 0.2) is 15.8 Å². The molecule has 2 unspecified atom stereocenters. The van der Waals surface area contributed by atoms with Gasteiger partial charge < -0.3 is 15.4 Å². The van der Waals surface area contributed by atoms with Gasteiger partial charge >= 0.3 is 0 Å². The van der Waals surface area contributed by atoms with Gasteiger partial charge in [-0.3, -0.25) is 9.89 Å². The second kappa shape index (κ2) is 11.3. The number of guanidine groups is 1. The number of nitrogens with one attached hydrogen (secondary N) is 2. The normalized spacial score (nSPS) is 23.6. The molecule has 2 saturated heterocycles.